The van der Waals surface area contributed by atoms with Crippen LogP contribution in [0.4, 0.5) is 5.69 Å². The molecule has 2 aromatic rings. The first-order valence-electron chi connectivity index (χ1n) is 8.08. The molecular formula is C18H17Cl3N2O3. The molecule has 3 rings (SSSR count). The molecule has 1 saturated carbocycles. The summed E-state index contributed by atoms with van der Waals surface area (Å²) in [6.07, 6.45) is 2.25. The molecule has 0 spiro atoms. The summed E-state index contributed by atoms with van der Waals surface area (Å²) in [5, 5.41) is 3.34. The zero-order chi connectivity index (χ0) is 19.0. The van der Waals surface area contributed by atoms with Crippen molar-refractivity contribution < 1.29 is 14.3 Å². The smallest absolute Gasteiger partial charge is 0.340 e. The number of anilines is 1. The maximum Gasteiger partial charge on any atom is 0.340 e. The number of aryl methyl sites for hydroxylation is 1. The third-order valence-corrected chi connectivity index (χ3v) is 5.27. The highest BCUT2D eigenvalue weighted by molar-refractivity contribution is 6.44. The summed E-state index contributed by atoms with van der Waals surface area (Å²) in [4.78, 5) is 24.4. The largest absolute Gasteiger partial charge is 0.452 e. The number of rotatable bonds is 5. The van der Waals surface area contributed by atoms with E-state index in [9.17, 15) is 9.59 Å². The average Bonchev–Trinajstić information content (AvgIpc) is 3.35. The van der Waals surface area contributed by atoms with Crippen LogP contribution in [0.1, 0.15) is 40.6 Å². The Hall–Kier alpha value is -1.69. The topological polar surface area (TPSA) is 60.3 Å². The number of amides is 1. The van der Waals surface area contributed by atoms with E-state index in [1.165, 1.54) is 12.1 Å². The van der Waals surface area contributed by atoms with Crippen LogP contribution in [-0.4, -0.2) is 23.1 Å². The summed E-state index contributed by atoms with van der Waals surface area (Å²) in [6, 6.07) is 5.13. The highest BCUT2D eigenvalue weighted by Gasteiger charge is 2.28. The van der Waals surface area contributed by atoms with Crippen LogP contribution in [0.5, 0.6) is 0 Å². The number of ether oxygens (including phenoxy) is 1. The Labute approximate surface area is 166 Å². The van der Waals surface area contributed by atoms with Gasteiger partial charge in [-0.1, -0.05) is 34.8 Å². The fourth-order valence-corrected chi connectivity index (χ4v) is 3.49. The molecule has 1 aliphatic carbocycles. The number of carbonyl (C=O) groups excluding carboxylic acids is 2. The molecule has 1 heterocycles. The first-order valence-corrected chi connectivity index (χ1v) is 9.21. The third-order valence-electron chi connectivity index (χ3n) is 4.23. The fourth-order valence-electron chi connectivity index (χ4n) is 2.89. The first kappa shape index (κ1) is 19.1. The minimum Gasteiger partial charge on any atom is -0.452 e. The van der Waals surface area contributed by atoms with Crippen molar-refractivity contribution in [1.29, 1.82) is 0 Å². The van der Waals surface area contributed by atoms with Gasteiger partial charge in [-0.3, -0.25) is 4.79 Å². The molecule has 1 amide bonds. The van der Waals surface area contributed by atoms with E-state index in [-0.39, 0.29) is 15.1 Å². The summed E-state index contributed by atoms with van der Waals surface area (Å²) in [7, 11) is 0. The van der Waals surface area contributed by atoms with Crippen molar-refractivity contribution in [2.75, 3.05) is 11.9 Å². The molecule has 0 saturated heterocycles. The van der Waals surface area contributed by atoms with Gasteiger partial charge < -0.3 is 14.6 Å². The Bertz CT molecular complexity index is 888. The van der Waals surface area contributed by atoms with Crippen LogP contribution in [-0.2, 0) is 9.53 Å². The normalized spacial score (nSPS) is 13.6. The van der Waals surface area contributed by atoms with Gasteiger partial charge in [0.05, 0.1) is 26.3 Å². The van der Waals surface area contributed by atoms with Gasteiger partial charge in [0, 0.05) is 17.4 Å². The van der Waals surface area contributed by atoms with Crippen molar-refractivity contribution in [2.45, 2.75) is 32.7 Å². The van der Waals surface area contributed by atoms with Gasteiger partial charge in [0.2, 0.25) is 0 Å². The summed E-state index contributed by atoms with van der Waals surface area (Å²) in [5.74, 6) is -1.05. The molecule has 26 heavy (non-hydrogen) atoms. The average molecular weight is 416 g/mol. The molecule has 1 aromatic carbocycles. The SMILES string of the molecule is Cc1cc(C(=O)OCC(=O)Nc2cc(Cl)c(Cl)cc2Cl)c(C)n1C1CC1. The fraction of sp³-hybridized carbons (Fsp3) is 0.333. The van der Waals surface area contributed by atoms with Gasteiger partial charge in [-0.2, -0.15) is 0 Å². The monoisotopic (exact) mass is 414 g/mol. The summed E-state index contributed by atoms with van der Waals surface area (Å²) >= 11 is 17.8. The zero-order valence-electron chi connectivity index (χ0n) is 14.2. The molecule has 0 atom stereocenters. The number of esters is 1. The van der Waals surface area contributed by atoms with Crippen molar-refractivity contribution in [3.05, 3.63) is 50.2 Å². The maximum absolute atomic E-state index is 12.3. The molecule has 0 unspecified atom stereocenters. The highest BCUT2D eigenvalue weighted by atomic mass is 35.5. The Morgan fingerprint density at radius 1 is 1.12 bits per heavy atom. The van der Waals surface area contributed by atoms with Crippen LogP contribution in [0.25, 0.3) is 0 Å². The Kier molecular flexibility index (Phi) is 5.51. The molecule has 5 nitrogen and oxygen atoms in total. The van der Waals surface area contributed by atoms with E-state index in [2.05, 4.69) is 9.88 Å². The standard InChI is InChI=1S/C18H17Cl3N2O3/c1-9-5-12(10(2)23(9)11-3-4-11)18(25)26-8-17(24)22-16-7-14(20)13(19)6-15(16)21/h5-7,11H,3-4,8H2,1-2H3,(H,22,24). The van der Waals surface area contributed by atoms with Crippen LogP contribution >= 0.6 is 34.8 Å². The second-order valence-corrected chi connectivity index (χ2v) is 7.48. The number of aromatic nitrogens is 1. The molecule has 1 N–H and O–H groups in total. The number of hydrogen-bond acceptors (Lipinski definition) is 3. The van der Waals surface area contributed by atoms with Crippen molar-refractivity contribution in [2.24, 2.45) is 0 Å². The maximum atomic E-state index is 12.3. The second kappa shape index (κ2) is 7.51. The van der Waals surface area contributed by atoms with Gasteiger partial charge in [-0.25, -0.2) is 4.79 Å². The van der Waals surface area contributed by atoms with E-state index in [1.54, 1.807) is 6.07 Å². The highest BCUT2D eigenvalue weighted by Crippen LogP contribution is 2.38. The van der Waals surface area contributed by atoms with Crippen molar-refractivity contribution >= 4 is 52.4 Å². The van der Waals surface area contributed by atoms with Crippen molar-refractivity contribution in [1.82, 2.24) is 4.57 Å². The number of carbonyl (C=O) groups is 2. The van der Waals surface area contributed by atoms with E-state index in [0.717, 1.165) is 24.2 Å². The number of hydrogen-bond donors (Lipinski definition) is 1. The van der Waals surface area contributed by atoms with Crippen LogP contribution in [0.3, 0.4) is 0 Å². The minimum absolute atomic E-state index is 0.243. The molecule has 1 fully saturated rings. The van der Waals surface area contributed by atoms with Crippen LogP contribution in [0.15, 0.2) is 18.2 Å². The quantitative estimate of drug-likeness (QED) is 0.539. The van der Waals surface area contributed by atoms with Crippen LogP contribution in [0.2, 0.25) is 15.1 Å². The van der Waals surface area contributed by atoms with E-state index in [1.807, 2.05) is 13.8 Å². The lowest BCUT2D eigenvalue weighted by Crippen LogP contribution is -2.21. The first-order chi connectivity index (χ1) is 12.3. The Morgan fingerprint density at radius 3 is 2.42 bits per heavy atom. The van der Waals surface area contributed by atoms with Gasteiger partial charge in [0.25, 0.3) is 5.91 Å². The Balaban J connectivity index is 1.62. The predicted molar refractivity (Wildman–Crippen MR) is 103 cm³/mol. The van der Waals surface area contributed by atoms with E-state index < -0.39 is 18.5 Å². The number of nitrogens with one attached hydrogen (secondary N) is 1. The van der Waals surface area contributed by atoms with E-state index in [0.29, 0.717) is 17.3 Å². The van der Waals surface area contributed by atoms with Gasteiger partial charge in [0.1, 0.15) is 0 Å². The third kappa shape index (κ3) is 4.00. The second-order valence-electron chi connectivity index (χ2n) is 6.26. The summed E-state index contributed by atoms with van der Waals surface area (Å²) < 4.78 is 7.28. The molecular weight excluding hydrogens is 399 g/mol. The molecule has 0 bridgehead atoms. The lowest BCUT2D eigenvalue weighted by atomic mass is 10.2. The van der Waals surface area contributed by atoms with E-state index in [4.69, 9.17) is 39.5 Å². The van der Waals surface area contributed by atoms with Crippen molar-refractivity contribution in [3.8, 4) is 0 Å². The lowest BCUT2D eigenvalue weighted by Gasteiger charge is -2.10. The zero-order valence-corrected chi connectivity index (χ0v) is 16.5. The van der Waals surface area contributed by atoms with Gasteiger partial charge in [-0.15, -0.1) is 0 Å². The van der Waals surface area contributed by atoms with Gasteiger partial charge in [-0.05, 0) is 44.9 Å². The molecule has 1 aliphatic rings. The summed E-state index contributed by atoms with van der Waals surface area (Å²) in [6.45, 7) is 3.42. The van der Waals surface area contributed by atoms with Gasteiger partial charge in [0.15, 0.2) is 6.61 Å². The molecule has 8 heteroatoms. The summed E-state index contributed by atoms with van der Waals surface area (Å²) in [5.41, 5.74) is 2.66. The van der Waals surface area contributed by atoms with Crippen LogP contribution < -0.4 is 5.32 Å². The predicted octanol–water partition coefficient (Wildman–Crippen LogP) is 5.20. The number of halogens is 3. The number of nitrogens with zero attached hydrogens (tertiary/aromatic N) is 1. The molecule has 0 aliphatic heterocycles. The Morgan fingerprint density at radius 2 is 1.77 bits per heavy atom. The number of benzene rings is 1. The molecule has 1 aromatic heterocycles. The van der Waals surface area contributed by atoms with E-state index >= 15 is 0 Å². The lowest BCUT2D eigenvalue weighted by molar-refractivity contribution is -0.119. The van der Waals surface area contributed by atoms with Crippen molar-refractivity contribution in [3.63, 3.8) is 0 Å². The molecule has 138 valence electrons. The molecule has 0 radical (unpaired) electrons. The van der Waals surface area contributed by atoms with Crippen LogP contribution in [0, 0.1) is 13.8 Å². The van der Waals surface area contributed by atoms with Gasteiger partial charge >= 0.3 is 5.97 Å². The minimum atomic E-state index is -0.527.